The summed E-state index contributed by atoms with van der Waals surface area (Å²) in [6.07, 6.45) is 5.47. The number of methoxy groups -OCH3 is 1. The highest BCUT2D eigenvalue weighted by Gasteiger charge is 2.37. The molecule has 0 saturated carbocycles. The molecular weight excluding hydrogens is 301 g/mol. The van der Waals surface area contributed by atoms with Crippen LogP contribution in [0.5, 0.6) is 5.75 Å². The fourth-order valence-corrected chi connectivity index (χ4v) is 4.13. The first-order valence-corrected chi connectivity index (χ1v) is 8.59. The van der Waals surface area contributed by atoms with Gasteiger partial charge in [-0.1, -0.05) is 42.5 Å². The largest absolute Gasteiger partial charge is 0.496 e. The molecule has 1 saturated heterocycles. The van der Waals surface area contributed by atoms with Crippen molar-refractivity contribution < 1.29 is 9.13 Å². The average molecular weight is 323 g/mol. The molecule has 124 valence electrons. The van der Waals surface area contributed by atoms with Gasteiger partial charge in [0.05, 0.1) is 12.7 Å². The molecule has 2 unspecified atom stereocenters. The zero-order chi connectivity index (χ0) is 16.5. The van der Waals surface area contributed by atoms with E-state index in [1.54, 1.807) is 13.2 Å². The number of rotatable bonds is 4. The van der Waals surface area contributed by atoms with Crippen LogP contribution in [0.4, 0.5) is 4.39 Å². The average Bonchev–Trinajstić information content (AvgIpc) is 2.84. The Morgan fingerprint density at radius 3 is 2.67 bits per heavy atom. The SMILES string of the molecule is COc1cccc(F)c1C1=CC2CCC(C1)N2Cc1ccccc1. The summed E-state index contributed by atoms with van der Waals surface area (Å²) in [7, 11) is 1.61. The van der Waals surface area contributed by atoms with Crippen molar-refractivity contribution in [3.63, 3.8) is 0 Å². The first kappa shape index (κ1) is 15.4. The van der Waals surface area contributed by atoms with E-state index in [0.29, 0.717) is 23.4 Å². The van der Waals surface area contributed by atoms with Crippen LogP contribution in [0.25, 0.3) is 5.57 Å². The van der Waals surface area contributed by atoms with Crippen LogP contribution in [0.2, 0.25) is 0 Å². The van der Waals surface area contributed by atoms with E-state index in [-0.39, 0.29) is 5.82 Å². The first-order valence-electron chi connectivity index (χ1n) is 8.59. The lowest BCUT2D eigenvalue weighted by molar-refractivity contribution is 0.203. The quantitative estimate of drug-likeness (QED) is 0.812. The summed E-state index contributed by atoms with van der Waals surface area (Å²) in [5.41, 5.74) is 3.09. The third-order valence-electron chi connectivity index (χ3n) is 5.26. The van der Waals surface area contributed by atoms with Gasteiger partial charge in [-0.3, -0.25) is 4.90 Å². The third kappa shape index (κ3) is 2.73. The molecule has 2 aliphatic rings. The molecule has 24 heavy (non-hydrogen) atoms. The molecule has 0 aromatic heterocycles. The topological polar surface area (TPSA) is 12.5 Å². The van der Waals surface area contributed by atoms with Crippen LogP contribution in [0.3, 0.4) is 0 Å². The van der Waals surface area contributed by atoms with Crippen LogP contribution in [0, 0.1) is 5.82 Å². The summed E-state index contributed by atoms with van der Waals surface area (Å²) in [5.74, 6) is 0.452. The lowest BCUT2D eigenvalue weighted by atomic mass is 9.93. The zero-order valence-corrected chi connectivity index (χ0v) is 13.9. The van der Waals surface area contributed by atoms with Crippen molar-refractivity contribution in [3.8, 4) is 5.75 Å². The van der Waals surface area contributed by atoms with Crippen LogP contribution in [0.1, 0.15) is 30.4 Å². The van der Waals surface area contributed by atoms with Gasteiger partial charge in [-0.05, 0) is 42.5 Å². The fraction of sp³-hybridized carbons (Fsp3) is 0.333. The van der Waals surface area contributed by atoms with E-state index in [2.05, 4.69) is 41.3 Å². The predicted octanol–water partition coefficient (Wildman–Crippen LogP) is 4.65. The maximum Gasteiger partial charge on any atom is 0.134 e. The van der Waals surface area contributed by atoms with Crippen LogP contribution in [-0.2, 0) is 6.54 Å². The Kier molecular flexibility index (Phi) is 4.11. The molecule has 0 aliphatic carbocycles. The van der Waals surface area contributed by atoms with Crippen molar-refractivity contribution in [3.05, 3.63) is 71.6 Å². The Bertz CT molecular complexity index is 756. The van der Waals surface area contributed by atoms with Crippen LogP contribution >= 0.6 is 0 Å². The first-order chi connectivity index (χ1) is 11.8. The minimum absolute atomic E-state index is 0.184. The van der Waals surface area contributed by atoms with Crippen LogP contribution < -0.4 is 4.74 Å². The van der Waals surface area contributed by atoms with Crippen molar-refractivity contribution in [1.29, 1.82) is 0 Å². The molecular formula is C21H22FNO. The lowest BCUT2D eigenvalue weighted by Crippen LogP contribution is -2.37. The third-order valence-corrected chi connectivity index (χ3v) is 5.26. The second-order valence-electron chi connectivity index (χ2n) is 6.67. The van der Waals surface area contributed by atoms with Gasteiger partial charge in [0.2, 0.25) is 0 Å². The van der Waals surface area contributed by atoms with Gasteiger partial charge in [0.1, 0.15) is 11.6 Å². The molecule has 2 aromatic rings. The molecule has 1 fully saturated rings. The van der Waals surface area contributed by atoms with Crippen molar-refractivity contribution in [2.24, 2.45) is 0 Å². The number of halogens is 1. The van der Waals surface area contributed by atoms with E-state index < -0.39 is 0 Å². The van der Waals surface area contributed by atoms with Gasteiger partial charge in [-0.25, -0.2) is 4.39 Å². The highest BCUT2D eigenvalue weighted by molar-refractivity contribution is 5.73. The molecule has 0 radical (unpaired) electrons. The summed E-state index contributed by atoms with van der Waals surface area (Å²) in [4.78, 5) is 2.56. The monoisotopic (exact) mass is 323 g/mol. The minimum Gasteiger partial charge on any atom is -0.496 e. The van der Waals surface area contributed by atoms with Crippen molar-refractivity contribution in [2.45, 2.75) is 37.9 Å². The Labute approximate surface area is 142 Å². The van der Waals surface area contributed by atoms with Crippen molar-refractivity contribution in [2.75, 3.05) is 7.11 Å². The molecule has 2 heterocycles. The smallest absolute Gasteiger partial charge is 0.134 e. The number of fused-ring (bicyclic) bond motifs is 2. The van der Waals surface area contributed by atoms with Crippen LogP contribution in [-0.4, -0.2) is 24.1 Å². The molecule has 4 rings (SSSR count). The van der Waals surface area contributed by atoms with Crippen LogP contribution in [0.15, 0.2) is 54.6 Å². The van der Waals surface area contributed by atoms with Gasteiger partial charge < -0.3 is 4.74 Å². The Morgan fingerprint density at radius 1 is 1.08 bits per heavy atom. The predicted molar refractivity (Wildman–Crippen MR) is 94.3 cm³/mol. The standard InChI is InChI=1S/C21H22FNO/c1-24-20-9-5-8-19(22)21(20)16-12-17-10-11-18(13-16)23(17)14-15-6-3-2-4-7-15/h2-9,12,17-18H,10-11,13-14H2,1H3. The van der Waals surface area contributed by atoms with Gasteiger partial charge >= 0.3 is 0 Å². The Balaban J connectivity index is 1.63. The van der Waals surface area contributed by atoms with E-state index in [1.165, 1.54) is 18.1 Å². The van der Waals surface area contributed by atoms with Crippen molar-refractivity contribution >= 4 is 5.57 Å². The number of benzene rings is 2. The van der Waals surface area contributed by atoms with E-state index >= 15 is 0 Å². The molecule has 2 aromatic carbocycles. The zero-order valence-electron chi connectivity index (χ0n) is 13.9. The number of hydrogen-bond acceptors (Lipinski definition) is 2. The number of hydrogen-bond donors (Lipinski definition) is 0. The summed E-state index contributed by atoms with van der Waals surface area (Å²) in [5, 5.41) is 0. The van der Waals surface area contributed by atoms with Gasteiger partial charge in [0.25, 0.3) is 0 Å². The molecule has 2 bridgehead atoms. The normalized spacial score (nSPS) is 23.2. The summed E-state index contributed by atoms with van der Waals surface area (Å²) < 4.78 is 19.8. The number of ether oxygens (including phenoxy) is 1. The highest BCUT2D eigenvalue weighted by atomic mass is 19.1. The van der Waals surface area contributed by atoms with E-state index in [9.17, 15) is 4.39 Å². The van der Waals surface area contributed by atoms with Gasteiger partial charge in [0.15, 0.2) is 0 Å². The summed E-state index contributed by atoms with van der Waals surface area (Å²) >= 11 is 0. The molecule has 3 heteroatoms. The Hall–Kier alpha value is -2.13. The van der Waals surface area contributed by atoms with Gasteiger partial charge in [-0.15, -0.1) is 0 Å². The molecule has 0 amide bonds. The highest BCUT2D eigenvalue weighted by Crippen LogP contribution is 2.42. The molecule has 0 spiro atoms. The minimum atomic E-state index is -0.184. The summed E-state index contributed by atoms with van der Waals surface area (Å²) in [6.45, 7) is 0.967. The second-order valence-corrected chi connectivity index (χ2v) is 6.67. The van der Waals surface area contributed by atoms with E-state index in [1.807, 2.05) is 6.07 Å². The maximum atomic E-state index is 14.4. The Morgan fingerprint density at radius 2 is 1.92 bits per heavy atom. The van der Waals surface area contributed by atoms with E-state index in [4.69, 9.17) is 4.74 Å². The van der Waals surface area contributed by atoms with Crippen molar-refractivity contribution in [1.82, 2.24) is 4.90 Å². The fourth-order valence-electron chi connectivity index (χ4n) is 4.13. The van der Waals surface area contributed by atoms with Gasteiger partial charge in [-0.2, -0.15) is 0 Å². The molecule has 2 nitrogen and oxygen atoms in total. The lowest BCUT2D eigenvalue weighted by Gasteiger charge is -2.34. The van der Waals surface area contributed by atoms with E-state index in [0.717, 1.165) is 25.0 Å². The summed E-state index contributed by atoms with van der Waals surface area (Å²) in [6, 6.07) is 16.5. The maximum absolute atomic E-state index is 14.4. The molecule has 0 N–H and O–H groups in total. The van der Waals surface area contributed by atoms with Gasteiger partial charge in [0, 0.05) is 18.6 Å². The number of nitrogens with zero attached hydrogens (tertiary/aromatic N) is 1. The molecule has 2 aliphatic heterocycles. The molecule has 2 atom stereocenters. The second kappa shape index (κ2) is 6.40.